The first kappa shape index (κ1) is 9.16. The zero-order valence-corrected chi connectivity index (χ0v) is 9.02. The van der Waals surface area contributed by atoms with Crippen LogP contribution in [0.15, 0.2) is 23.0 Å². The van der Waals surface area contributed by atoms with Crippen molar-refractivity contribution >= 4 is 0 Å². The van der Waals surface area contributed by atoms with E-state index >= 15 is 0 Å². The standard InChI is InChI=1S/C12H16N2O/c1-13-6-9-5-10(8-13)11-3-2-4-12(15)14(11)7-9/h2-4,9-10H,5-8H2,1H3/t9-,10-/m1/s1. The summed E-state index contributed by atoms with van der Waals surface area (Å²) in [7, 11) is 2.18. The Bertz CT molecular complexity index is 437. The van der Waals surface area contributed by atoms with Crippen molar-refractivity contribution in [1.82, 2.24) is 9.47 Å². The van der Waals surface area contributed by atoms with Crippen molar-refractivity contribution in [3.05, 3.63) is 34.2 Å². The van der Waals surface area contributed by atoms with E-state index in [1.165, 1.54) is 12.1 Å². The largest absolute Gasteiger partial charge is 0.312 e. The Hall–Kier alpha value is -1.09. The Kier molecular flexibility index (Phi) is 1.96. The molecule has 1 aromatic rings. The molecule has 3 nitrogen and oxygen atoms in total. The predicted molar refractivity (Wildman–Crippen MR) is 59.0 cm³/mol. The first-order chi connectivity index (χ1) is 7.24. The summed E-state index contributed by atoms with van der Waals surface area (Å²) in [6, 6.07) is 5.68. The maximum absolute atomic E-state index is 11.7. The predicted octanol–water partition coefficient (Wildman–Crippen LogP) is 0.897. The van der Waals surface area contributed by atoms with Gasteiger partial charge in [-0.15, -0.1) is 0 Å². The average Bonchev–Trinajstić information content (AvgIpc) is 2.19. The van der Waals surface area contributed by atoms with Crippen LogP contribution in [0.25, 0.3) is 0 Å². The number of rotatable bonds is 0. The highest BCUT2D eigenvalue weighted by Crippen LogP contribution is 2.33. The van der Waals surface area contributed by atoms with E-state index in [0.717, 1.165) is 19.6 Å². The molecule has 0 aliphatic carbocycles. The third kappa shape index (κ3) is 1.42. The van der Waals surface area contributed by atoms with Crippen molar-refractivity contribution in [2.75, 3.05) is 20.1 Å². The molecule has 1 aromatic heterocycles. The van der Waals surface area contributed by atoms with Gasteiger partial charge in [0, 0.05) is 37.3 Å². The lowest BCUT2D eigenvalue weighted by molar-refractivity contribution is 0.145. The van der Waals surface area contributed by atoms with E-state index in [1.54, 1.807) is 6.07 Å². The molecule has 2 atom stereocenters. The molecular formula is C12H16N2O. The molecule has 2 bridgehead atoms. The molecule has 80 valence electrons. The fourth-order valence-electron chi connectivity index (χ4n) is 3.14. The maximum Gasteiger partial charge on any atom is 0.250 e. The van der Waals surface area contributed by atoms with Crippen molar-refractivity contribution in [1.29, 1.82) is 0 Å². The Labute approximate surface area is 89.3 Å². The molecule has 0 N–H and O–H groups in total. The first-order valence-electron chi connectivity index (χ1n) is 5.62. The summed E-state index contributed by atoms with van der Waals surface area (Å²) in [6.07, 6.45) is 1.26. The van der Waals surface area contributed by atoms with Gasteiger partial charge in [-0.25, -0.2) is 0 Å². The Balaban J connectivity index is 2.10. The van der Waals surface area contributed by atoms with Gasteiger partial charge in [-0.1, -0.05) is 6.07 Å². The molecule has 0 unspecified atom stereocenters. The van der Waals surface area contributed by atoms with Crippen LogP contribution in [-0.2, 0) is 6.54 Å². The van der Waals surface area contributed by atoms with Gasteiger partial charge in [-0.3, -0.25) is 4.79 Å². The van der Waals surface area contributed by atoms with E-state index in [9.17, 15) is 4.79 Å². The van der Waals surface area contributed by atoms with Crippen molar-refractivity contribution < 1.29 is 0 Å². The third-order valence-electron chi connectivity index (χ3n) is 3.66. The lowest BCUT2D eigenvalue weighted by Crippen LogP contribution is -2.45. The van der Waals surface area contributed by atoms with Crippen molar-refractivity contribution in [3.63, 3.8) is 0 Å². The SMILES string of the molecule is CN1C[C@H]2C[C@H](C1)c1cccc(=O)n1C2. The summed E-state index contributed by atoms with van der Waals surface area (Å²) in [5.74, 6) is 1.23. The number of likely N-dealkylation sites (tertiary alicyclic amines) is 1. The zero-order chi connectivity index (χ0) is 10.4. The van der Waals surface area contributed by atoms with Crippen LogP contribution < -0.4 is 5.56 Å². The molecule has 0 radical (unpaired) electrons. The van der Waals surface area contributed by atoms with Crippen molar-refractivity contribution in [3.8, 4) is 0 Å². The van der Waals surface area contributed by atoms with Crippen LogP contribution in [0.5, 0.6) is 0 Å². The molecule has 0 saturated carbocycles. The second kappa shape index (κ2) is 3.20. The van der Waals surface area contributed by atoms with Crippen LogP contribution in [-0.4, -0.2) is 29.6 Å². The zero-order valence-electron chi connectivity index (χ0n) is 9.02. The summed E-state index contributed by atoms with van der Waals surface area (Å²) in [5.41, 5.74) is 1.41. The van der Waals surface area contributed by atoms with E-state index in [1.807, 2.05) is 10.6 Å². The van der Waals surface area contributed by atoms with Gasteiger partial charge in [0.05, 0.1) is 0 Å². The highest BCUT2D eigenvalue weighted by molar-refractivity contribution is 5.16. The molecule has 1 saturated heterocycles. The van der Waals surface area contributed by atoms with Crippen LogP contribution in [0, 0.1) is 5.92 Å². The van der Waals surface area contributed by atoms with Crippen LogP contribution in [0.4, 0.5) is 0 Å². The lowest BCUT2D eigenvalue weighted by atomic mass is 9.83. The lowest BCUT2D eigenvalue weighted by Gasteiger charge is -2.41. The minimum atomic E-state index is 0.173. The number of pyridine rings is 1. The number of hydrogen-bond donors (Lipinski definition) is 0. The van der Waals surface area contributed by atoms with E-state index in [-0.39, 0.29) is 5.56 Å². The molecule has 3 rings (SSSR count). The molecule has 0 aromatic carbocycles. The van der Waals surface area contributed by atoms with Crippen LogP contribution in [0.3, 0.4) is 0 Å². The van der Waals surface area contributed by atoms with Gasteiger partial charge in [-0.05, 0) is 25.5 Å². The molecule has 2 aliphatic heterocycles. The topological polar surface area (TPSA) is 25.2 Å². The van der Waals surface area contributed by atoms with Crippen molar-refractivity contribution in [2.24, 2.45) is 5.92 Å². The minimum Gasteiger partial charge on any atom is -0.312 e. The number of piperidine rings is 1. The van der Waals surface area contributed by atoms with Crippen LogP contribution in [0.1, 0.15) is 18.0 Å². The molecule has 1 fully saturated rings. The summed E-state index contributed by atoms with van der Waals surface area (Å²) in [5, 5.41) is 0. The quantitative estimate of drug-likeness (QED) is 0.627. The molecule has 3 heteroatoms. The number of nitrogens with zero attached hydrogens (tertiary/aromatic N) is 2. The molecule has 2 aliphatic rings. The van der Waals surface area contributed by atoms with E-state index in [2.05, 4.69) is 18.0 Å². The fraction of sp³-hybridized carbons (Fsp3) is 0.583. The average molecular weight is 204 g/mol. The van der Waals surface area contributed by atoms with E-state index < -0.39 is 0 Å². The van der Waals surface area contributed by atoms with E-state index in [0.29, 0.717) is 11.8 Å². The van der Waals surface area contributed by atoms with Gasteiger partial charge < -0.3 is 9.47 Å². The number of fused-ring (bicyclic) bond motifs is 4. The second-order valence-corrected chi connectivity index (χ2v) is 4.92. The molecule has 3 heterocycles. The molecule has 0 spiro atoms. The molecule has 15 heavy (non-hydrogen) atoms. The van der Waals surface area contributed by atoms with E-state index in [4.69, 9.17) is 0 Å². The Morgan fingerprint density at radius 1 is 1.27 bits per heavy atom. The number of aromatic nitrogens is 1. The monoisotopic (exact) mass is 204 g/mol. The summed E-state index contributed by atoms with van der Waals surface area (Å²) in [6.45, 7) is 3.15. The van der Waals surface area contributed by atoms with Gasteiger partial charge in [0.25, 0.3) is 5.56 Å². The van der Waals surface area contributed by atoms with Gasteiger partial charge in [-0.2, -0.15) is 0 Å². The highest BCUT2D eigenvalue weighted by atomic mass is 16.1. The normalized spacial score (nSPS) is 29.9. The van der Waals surface area contributed by atoms with Gasteiger partial charge in [0.1, 0.15) is 0 Å². The van der Waals surface area contributed by atoms with Crippen molar-refractivity contribution in [2.45, 2.75) is 18.9 Å². The van der Waals surface area contributed by atoms with Gasteiger partial charge >= 0.3 is 0 Å². The smallest absolute Gasteiger partial charge is 0.250 e. The fourth-order valence-corrected chi connectivity index (χ4v) is 3.14. The minimum absolute atomic E-state index is 0.173. The van der Waals surface area contributed by atoms with Crippen LogP contribution in [0.2, 0.25) is 0 Å². The second-order valence-electron chi connectivity index (χ2n) is 4.92. The third-order valence-corrected chi connectivity index (χ3v) is 3.66. The first-order valence-corrected chi connectivity index (χ1v) is 5.62. The summed E-state index contributed by atoms with van der Waals surface area (Å²) in [4.78, 5) is 14.1. The maximum atomic E-state index is 11.7. The Morgan fingerprint density at radius 2 is 2.13 bits per heavy atom. The number of likely N-dealkylation sites (N-methyl/N-ethyl adjacent to an activating group) is 1. The summed E-state index contributed by atoms with van der Waals surface area (Å²) < 4.78 is 1.98. The molecular weight excluding hydrogens is 188 g/mol. The number of hydrogen-bond acceptors (Lipinski definition) is 2. The Morgan fingerprint density at radius 3 is 3.00 bits per heavy atom. The summed E-state index contributed by atoms with van der Waals surface area (Å²) >= 11 is 0. The van der Waals surface area contributed by atoms with Gasteiger partial charge in [0.15, 0.2) is 0 Å². The highest BCUT2D eigenvalue weighted by Gasteiger charge is 2.32. The van der Waals surface area contributed by atoms with Crippen LogP contribution >= 0.6 is 0 Å². The van der Waals surface area contributed by atoms with Gasteiger partial charge in [0.2, 0.25) is 0 Å². The molecule has 0 amide bonds.